The van der Waals surface area contributed by atoms with Gasteiger partial charge in [0.15, 0.2) is 0 Å². The minimum Gasteiger partial charge on any atom is -0.494 e. The van der Waals surface area contributed by atoms with Crippen molar-refractivity contribution < 1.29 is 9.47 Å². The molecule has 0 fully saturated rings. The standard InChI is InChI=1S/C16H16ClNO2/c1-2-19-13-6-3-11(4-7-13)16-10-18-14-8-5-12(17)9-15(14)20-16/h3-9,16,18H,2,10H2,1H3. The molecule has 1 heterocycles. The normalized spacial score (nSPS) is 16.8. The van der Waals surface area contributed by atoms with Crippen molar-refractivity contribution >= 4 is 17.3 Å². The SMILES string of the molecule is CCOc1ccc(C2CNc3ccc(Cl)cc3O2)cc1. The van der Waals surface area contributed by atoms with Crippen molar-refractivity contribution in [2.45, 2.75) is 13.0 Å². The molecule has 0 saturated heterocycles. The number of anilines is 1. The average molecular weight is 290 g/mol. The third kappa shape index (κ3) is 2.68. The summed E-state index contributed by atoms with van der Waals surface area (Å²) in [7, 11) is 0. The van der Waals surface area contributed by atoms with Crippen LogP contribution in [-0.4, -0.2) is 13.2 Å². The molecule has 1 aliphatic rings. The lowest BCUT2D eigenvalue weighted by Crippen LogP contribution is -2.23. The van der Waals surface area contributed by atoms with E-state index in [-0.39, 0.29) is 6.10 Å². The number of fused-ring (bicyclic) bond motifs is 1. The fraction of sp³-hybridized carbons (Fsp3) is 0.250. The number of hydrogen-bond donors (Lipinski definition) is 1. The summed E-state index contributed by atoms with van der Waals surface area (Å²) in [6, 6.07) is 13.6. The van der Waals surface area contributed by atoms with Gasteiger partial charge in [-0.1, -0.05) is 23.7 Å². The van der Waals surface area contributed by atoms with Crippen LogP contribution in [-0.2, 0) is 0 Å². The Morgan fingerprint density at radius 3 is 2.80 bits per heavy atom. The summed E-state index contributed by atoms with van der Waals surface area (Å²) < 4.78 is 11.5. The molecule has 1 aliphatic heterocycles. The highest BCUT2D eigenvalue weighted by molar-refractivity contribution is 6.30. The van der Waals surface area contributed by atoms with Crippen LogP contribution in [0.2, 0.25) is 5.02 Å². The summed E-state index contributed by atoms with van der Waals surface area (Å²) >= 11 is 6.00. The van der Waals surface area contributed by atoms with Crippen molar-refractivity contribution in [3.05, 3.63) is 53.1 Å². The van der Waals surface area contributed by atoms with Crippen molar-refractivity contribution in [2.75, 3.05) is 18.5 Å². The Morgan fingerprint density at radius 2 is 2.05 bits per heavy atom. The Morgan fingerprint density at radius 1 is 1.25 bits per heavy atom. The molecule has 0 radical (unpaired) electrons. The van der Waals surface area contributed by atoms with Crippen LogP contribution in [0.15, 0.2) is 42.5 Å². The monoisotopic (exact) mass is 289 g/mol. The Labute approximate surface area is 123 Å². The second-order valence-electron chi connectivity index (χ2n) is 4.63. The van der Waals surface area contributed by atoms with Crippen LogP contribution in [0.4, 0.5) is 5.69 Å². The molecule has 104 valence electrons. The summed E-state index contributed by atoms with van der Waals surface area (Å²) in [5.74, 6) is 1.67. The molecule has 0 aliphatic carbocycles. The number of halogens is 1. The molecular formula is C16H16ClNO2. The zero-order chi connectivity index (χ0) is 13.9. The fourth-order valence-corrected chi connectivity index (χ4v) is 2.43. The summed E-state index contributed by atoms with van der Waals surface area (Å²) in [5, 5.41) is 4.04. The van der Waals surface area contributed by atoms with Crippen molar-refractivity contribution in [1.29, 1.82) is 0 Å². The third-order valence-corrected chi connectivity index (χ3v) is 3.49. The lowest BCUT2D eigenvalue weighted by Gasteiger charge is -2.27. The first-order chi connectivity index (χ1) is 9.76. The van der Waals surface area contributed by atoms with Gasteiger partial charge in [0.05, 0.1) is 18.8 Å². The molecule has 1 unspecified atom stereocenters. The number of rotatable bonds is 3. The second-order valence-corrected chi connectivity index (χ2v) is 5.07. The molecule has 2 aromatic carbocycles. The van der Waals surface area contributed by atoms with Gasteiger partial charge in [-0.25, -0.2) is 0 Å². The highest BCUT2D eigenvalue weighted by Crippen LogP contribution is 2.36. The van der Waals surface area contributed by atoms with Gasteiger partial charge < -0.3 is 14.8 Å². The lowest BCUT2D eigenvalue weighted by atomic mass is 10.1. The zero-order valence-electron chi connectivity index (χ0n) is 11.2. The average Bonchev–Trinajstić information content (AvgIpc) is 2.47. The van der Waals surface area contributed by atoms with E-state index < -0.39 is 0 Å². The zero-order valence-corrected chi connectivity index (χ0v) is 12.0. The lowest BCUT2D eigenvalue weighted by molar-refractivity contribution is 0.210. The maximum Gasteiger partial charge on any atom is 0.144 e. The maximum absolute atomic E-state index is 6.01. The van der Waals surface area contributed by atoms with E-state index >= 15 is 0 Å². The number of nitrogens with one attached hydrogen (secondary N) is 1. The van der Waals surface area contributed by atoms with Crippen LogP contribution < -0.4 is 14.8 Å². The topological polar surface area (TPSA) is 30.5 Å². The van der Waals surface area contributed by atoms with Crippen molar-refractivity contribution in [3.63, 3.8) is 0 Å². The molecule has 3 nitrogen and oxygen atoms in total. The van der Waals surface area contributed by atoms with Crippen LogP contribution in [0, 0.1) is 0 Å². The van der Waals surface area contributed by atoms with Gasteiger partial charge in [-0.15, -0.1) is 0 Å². The highest BCUT2D eigenvalue weighted by atomic mass is 35.5. The van der Waals surface area contributed by atoms with E-state index in [9.17, 15) is 0 Å². The second kappa shape index (κ2) is 5.63. The predicted octanol–water partition coefficient (Wildman–Crippen LogP) is 4.28. The number of ether oxygens (including phenoxy) is 2. The van der Waals surface area contributed by atoms with Crippen molar-refractivity contribution in [2.24, 2.45) is 0 Å². The maximum atomic E-state index is 6.01. The molecule has 1 atom stereocenters. The van der Waals surface area contributed by atoms with Gasteiger partial charge >= 0.3 is 0 Å². The molecule has 20 heavy (non-hydrogen) atoms. The number of hydrogen-bond acceptors (Lipinski definition) is 3. The minimum absolute atomic E-state index is 0.0170. The van der Waals surface area contributed by atoms with Gasteiger partial charge in [0.1, 0.15) is 17.6 Å². The van der Waals surface area contributed by atoms with E-state index in [0.717, 1.165) is 29.3 Å². The summed E-state index contributed by atoms with van der Waals surface area (Å²) in [4.78, 5) is 0. The first-order valence-electron chi connectivity index (χ1n) is 6.69. The van der Waals surface area contributed by atoms with Crippen molar-refractivity contribution in [1.82, 2.24) is 0 Å². The molecule has 1 N–H and O–H groups in total. The van der Waals surface area contributed by atoms with Crippen LogP contribution in [0.3, 0.4) is 0 Å². The molecule has 0 amide bonds. The van der Waals surface area contributed by atoms with E-state index in [4.69, 9.17) is 21.1 Å². The minimum atomic E-state index is -0.0170. The molecule has 2 aromatic rings. The highest BCUT2D eigenvalue weighted by Gasteiger charge is 2.21. The first-order valence-corrected chi connectivity index (χ1v) is 7.07. The van der Waals surface area contributed by atoms with E-state index in [1.165, 1.54) is 0 Å². The molecule has 4 heteroatoms. The smallest absolute Gasteiger partial charge is 0.144 e. The van der Waals surface area contributed by atoms with Crippen LogP contribution in [0.25, 0.3) is 0 Å². The molecule has 0 bridgehead atoms. The summed E-state index contributed by atoms with van der Waals surface area (Å²) in [6.45, 7) is 3.39. The van der Waals surface area contributed by atoms with E-state index in [0.29, 0.717) is 11.6 Å². The summed E-state index contributed by atoms with van der Waals surface area (Å²) in [5.41, 5.74) is 2.10. The third-order valence-electron chi connectivity index (χ3n) is 3.25. The predicted molar refractivity (Wildman–Crippen MR) is 80.9 cm³/mol. The van der Waals surface area contributed by atoms with E-state index in [1.54, 1.807) is 0 Å². The van der Waals surface area contributed by atoms with Crippen LogP contribution in [0.5, 0.6) is 11.5 Å². The first kappa shape index (κ1) is 13.1. The molecule has 0 saturated carbocycles. The molecule has 0 spiro atoms. The van der Waals surface area contributed by atoms with Crippen LogP contribution >= 0.6 is 11.6 Å². The van der Waals surface area contributed by atoms with Gasteiger partial charge in [-0.05, 0) is 36.8 Å². The molecular weight excluding hydrogens is 274 g/mol. The van der Waals surface area contributed by atoms with Crippen LogP contribution in [0.1, 0.15) is 18.6 Å². The van der Waals surface area contributed by atoms with Gasteiger partial charge in [0, 0.05) is 11.1 Å². The Balaban J connectivity index is 1.79. The van der Waals surface area contributed by atoms with E-state index in [2.05, 4.69) is 5.32 Å². The van der Waals surface area contributed by atoms with Gasteiger partial charge in [0.2, 0.25) is 0 Å². The largest absolute Gasteiger partial charge is 0.494 e. The van der Waals surface area contributed by atoms with Gasteiger partial charge in [-0.2, -0.15) is 0 Å². The van der Waals surface area contributed by atoms with Gasteiger partial charge in [-0.3, -0.25) is 0 Å². The summed E-state index contributed by atoms with van der Waals surface area (Å²) in [6.07, 6.45) is -0.0170. The fourth-order valence-electron chi connectivity index (χ4n) is 2.27. The number of benzene rings is 2. The Hall–Kier alpha value is -1.87. The quantitative estimate of drug-likeness (QED) is 0.914. The van der Waals surface area contributed by atoms with E-state index in [1.807, 2.05) is 49.4 Å². The van der Waals surface area contributed by atoms with Crippen molar-refractivity contribution in [3.8, 4) is 11.5 Å². The molecule has 3 rings (SSSR count). The van der Waals surface area contributed by atoms with Gasteiger partial charge in [0.25, 0.3) is 0 Å². The Bertz CT molecular complexity index is 598. The Kier molecular flexibility index (Phi) is 3.70. The molecule has 0 aromatic heterocycles.